The second-order valence-corrected chi connectivity index (χ2v) is 14.6. The van der Waals surface area contributed by atoms with Crippen molar-refractivity contribution in [3.8, 4) is 11.5 Å². The summed E-state index contributed by atoms with van der Waals surface area (Å²) in [4.78, 5) is 46.4. The molecular formula is C42H44N6O6S2. The molecule has 0 aliphatic carbocycles. The number of pyridine rings is 2. The molecule has 1 atom stereocenters. The van der Waals surface area contributed by atoms with E-state index < -0.39 is 5.91 Å². The van der Waals surface area contributed by atoms with Crippen LogP contribution in [0.2, 0.25) is 0 Å². The number of carbonyl (C=O) groups excluding carboxylic acids is 2. The largest absolute Gasteiger partial charge is 0.506 e. The number of ether oxygens (including phenoxy) is 1. The predicted octanol–water partition coefficient (Wildman–Crippen LogP) is 7.58. The molecule has 6 rings (SSSR count). The molecule has 56 heavy (non-hydrogen) atoms. The van der Waals surface area contributed by atoms with Gasteiger partial charge in [-0.3, -0.25) is 19.4 Å². The topological polar surface area (TPSA) is 181 Å². The first-order chi connectivity index (χ1) is 27.1. The molecule has 14 heteroatoms. The Balaban J connectivity index is 0.993. The molecule has 0 aliphatic rings. The van der Waals surface area contributed by atoms with Gasteiger partial charge >= 0.3 is 0 Å². The van der Waals surface area contributed by atoms with Crippen molar-refractivity contribution in [2.75, 3.05) is 32.1 Å². The third-order valence-electron chi connectivity index (χ3n) is 9.35. The molecule has 290 valence electrons. The number of nitrogens with two attached hydrogens (primary N) is 1. The number of nitrogens with one attached hydrogen (secondary N) is 4. The van der Waals surface area contributed by atoms with E-state index in [2.05, 4.69) is 38.8 Å². The number of aromatic hydroxyl groups is 1. The number of methoxy groups -OCH3 is 1. The Kier molecular flexibility index (Phi) is 13.5. The van der Waals surface area contributed by atoms with Crippen molar-refractivity contribution in [1.29, 1.82) is 0 Å². The van der Waals surface area contributed by atoms with Crippen molar-refractivity contribution < 1.29 is 23.6 Å². The van der Waals surface area contributed by atoms with E-state index in [1.165, 1.54) is 30.1 Å². The molecule has 0 spiro atoms. The van der Waals surface area contributed by atoms with Crippen LogP contribution in [0.4, 0.5) is 11.4 Å². The molecule has 7 N–H and O–H groups in total. The van der Waals surface area contributed by atoms with E-state index in [9.17, 15) is 19.5 Å². The smallest absolute Gasteiger partial charge is 0.252 e. The number of fused-ring (bicyclic) bond motifs is 2. The van der Waals surface area contributed by atoms with Crippen LogP contribution in [0, 0.1) is 6.92 Å². The van der Waals surface area contributed by atoms with Crippen LogP contribution < -0.4 is 32.0 Å². The van der Waals surface area contributed by atoms with Crippen LogP contribution in [0.5, 0.6) is 11.5 Å². The molecule has 0 radical (unpaired) electrons. The zero-order valence-electron chi connectivity index (χ0n) is 31.1. The van der Waals surface area contributed by atoms with Crippen molar-refractivity contribution >= 4 is 69.7 Å². The minimum atomic E-state index is -0.594. The van der Waals surface area contributed by atoms with Crippen molar-refractivity contribution in [1.82, 2.24) is 20.6 Å². The average molecular weight is 793 g/mol. The number of hydrogen-bond acceptors (Lipinski definition) is 11. The van der Waals surface area contributed by atoms with Gasteiger partial charge in [0, 0.05) is 63.2 Å². The second kappa shape index (κ2) is 18.9. The molecule has 0 fully saturated rings. The molecule has 2 aromatic heterocycles. The van der Waals surface area contributed by atoms with E-state index in [4.69, 9.17) is 14.7 Å². The Bertz CT molecular complexity index is 2420. The molecule has 6 aromatic rings. The number of unbranched alkanes of at least 4 members (excludes halogenated alkanes) is 3. The first-order valence-corrected chi connectivity index (χ1v) is 19.4. The van der Waals surface area contributed by atoms with Gasteiger partial charge in [0.25, 0.3) is 11.8 Å². The minimum Gasteiger partial charge on any atom is -0.506 e. The summed E-state index contributed by atoms with van der Waals surface area (Å²) in [6.45, 7) is 3.82. The maximum atomic E-state index is 13.1. The summed E-state index contributed by atoms with van der Waals surface area (Å²) >= 11 is 5.58. The molecule has 2 heterocycles. The molecule has 0 bridgehead atoms. The maximum absolute atomic E-state index is 13.1. The normalized spacial score (nSPS) is 11.8. The predicted molar refractivity (Wildman–Crippen MR) is 225 cm³/mol. The van der Waals surface area contributed by atoms with Gasteiger partial charge in [-0.25, -0.2) is 0 Å². The van der Waals surface area contributed by atoms with Gasteiger partial charge in [0.2, 0.25) is 5.56 Å². The minimum absolute atomic E-state index is 0.00118. The fourth-order valence-corrected chi connectivity index (χ4v) is 7.72. The van der Waals surface area contributed by atoms with Gasteiger partial charge in [0.05, 0.1) is 29.4 Å². The number of primary amides is 1. The molecule has 0 saturated heterocycles. The molecular weight excluding hydrogens is 749 g/mol. The quantitative estimate of drug-likeness (QED) is 0.0261. The highest BCUT2D eigenvalue weighted by Crippen LogP contribution is 2.37. The first-order valence-electron chi connectivity index (χ1n) is 18.2. The van der Waals surface area contributed by atoms with Crippen LogP contribution in [0.1, 0.15) is 63.6 Å². The summed E-state index contributed by atoms with van der Waals surface area (Å²) < 4.78 is 10.8. The lowest BCUT2D eigenvalue weighted by Crippen LogP contribution is -2.24. The van der Waals surface area contributed by atoms with E-state index in [-0.39, 0.29) is 28.9 Å². The van der Waals surface area contributed by atoms with Crippen molar-refractivity contribution in [3.63, 3.8) is 0 Å². The monoisotopic (exact) mass is 792 g/mol. The van der Waals surface area contributed by atoms with Gasteiger partial charge in [-0.15, -0.1) is 0 Å². The zero-order chi connectivity index (χ0) is 39.6. The highest BCUT2D eigenvalue weighted by molar-refractivity contribution is 7.99. The van der Waals surface area contributed by atoms with Crippen molar-refractivity contribution in [2.24, 2.45) is 5.73 Å². The Morgan fingerprint density at radius 1 is 0.946 bits per heavy atom. The Morgan fingerprint density at radius 3 is 2.54 bits per heavy atom. The van der Waals surface area contributed by atoms with E-state index in [1.54, 1.807) is 25.3 Å². The molecule has 0 saturated carbocycles. The van der Waals surface area contributed by atoms with Crippen LogP contribution in [0.3, 0.4) is 0 Å². The summed E-state index contributed by atoms with van der Waals surface area (Å²) in [6, 6.07) is 25.3. The third-order valence-corrected chi connectivity index (χ3v) is 10.6. The van der Waals surface area contributed by atoms with Crippen LogP contribution in [0.25, 0.3) is 21.8 Å². The van der Waals surface area contributed by atoms with Crippen molar-refractivity contribution in [3.05, 3.63) is 124 Å². The third kappa shape index (κ3) is 9.81. The number of benzene rings is 4. The van der Waals surface area contributed by atoms with Gasteiger partial charge in [-0.2, -0.15) is 0 Å². The second-order valence-electron chi connectivity index (χ2n) is 13.3. The number of phenolic OH excluding ortho intramolecular Hbond substituents is 1. The first kappa shape index (κ1) is 40.1. The number of amides is 2. The Morgan fingerprint density at radius 2 is 1.75 bits per heavy atom. The Labute approximate surface area is 334 Å². The molecule has 12 nitrogen and oxygen atoms in total. The lowest BCUT2D eigenvalue weighted by Gasteiger charge is -2.18. The fourth-order valence-electron chi connectivity index (χ4n) is 6.52. The summed E-state index contributed by atoms with van der Waals surface area (Å²) in [5, 5.41) is 21.4. The lowest BCUT2D eigenvalue weighted by atomic mass is 10.0. The number of nitrogens with zero attached hydrogens (tertiary/aromatic N) is 1. The maximum Gasteiger partial charge on any atom is 0.252 e. The summed E-state index contributed by atoms with van der Waals surface area (Å²) in [5.74, 6) is -0.0566. The van der Waals surface area contributed by atoms with Crippen LogP contribution in [0.15, 0.2) is 106 Å². The number of H-pyrrole nitrogens is 1. The highest BCUT2D eigenvalue weighted by Gasteiger charge is 2.18. The van der Waals surface area contributed by atoms with Gasteiger partial charge in [-0.1, -0.05) is 42.8 Å². The van der Waals surface area contributed by atoms with E-state index in [0.29, 0.717) is 41.0 Å². The average Bonchev–Trinajstić information content (AvgIpc) is 3.19. The number of phenols is 1. The SMILES string of the molecule is COc1cccc(Nc2c(C(N)=O)cnc3c(C)cc(Sc4cccc(C(=O)NCCCCCCNC[C@H](OS)c5ccc(O)c6[nH]c(=O)ccc56)c4)cc23)c1. The summed E-state index contributed by atoms with van der Waals surface area (Å²) in [7, 11) is 1.60. The van der Waals surface area contributed by atoms with E-state index in [1.807, 2.05) is 61.5 Å². The van der Waals surface area contributed by atoms with Crippen LogP contribution >= 0.6 is 24.7 Å². The molecule has 2 amide bonds. The number of aryl methyl sites for hydroxylation is 1. The number of carbonyl (C=O) groups is 2. The zero-order valence-corrected chi connectivity index (χ0v) is 32.8. The number of aromatic nitrogens is 2. The van der Waals surface area contributed by atoms with Gasteiger partial charge in [-0.05, 0) is 105 Å². The Hall–Kier alpha value is -5.54. The van der Waals surface area contributed by atoms with Gasteiger partial charge in [0.1, 0.15) is 17.6 Å². The van der Waals surface area contributed by atoms with Crippen molar-refractivity contribution in [2.45, 2.75) is 48.5 Å². The number of aromatic amines is 1. The van der Waals surface area contributed by atoms with Crippen LogP contribution in [-0.4, -0.2) is 53.6 Å². The lowest BCUT2D eigenvalue weighted by molar-refractivity contribution is 0.0951. The fraction of sp³-hybridized carbons (Fsp3) is 0.238. The number of hydrogen-bond donors (Lipinski definition) is 7. The number of rotatable bonds is 18. The number of thiol groups is 1. The standard InChI is InChI=1S/C42H44N6O6S2/c1-25-19-30(22-33-38(25)46-23-34(41(43)51)39(33)47-27-10-8-11-28(21-27)53-2)56-29-12-7-9-26(20-29)42(52)45-18-6-4-3-5-17-44-24-36(54-55)31-13-15-35(49)40-32(31)14-16-37(50)48-40/h7-16,19-23,36,44,49,55H,3-6,17-18,24H2,1-2H3,(H2,43,51)(H,45,52)(H,46,47)(H,48,50)/t36-/m0/s1. The molecule has 0 aliphatic heterocycles. The highest BCUT2D eigenvalue weighted by atomic mass is 32.2. The van der Waals surface area contributed by atoms with E-state index >= 15 is 0 Å². The van der Waals surface area contributed by atoms with Gasteiger partial charge in [0.15, 0.2) is 0 Å². The molecule has 4 aromatic carbocycles. The number of anilines is 2. The summed E-state index contributed by atoms with van der Waals surface area (Å²) in [5.41, 5.74) is 10.5. The van der Waals surface area contributed by atoms with E-state index in [0.717, 1.165) is 69.7 Å². The molecule has 0 unspecified atom stereocenters. The van der Waals surface area contributed by atoms with Crippen LogP contribution in [-0.2, 0) is 4.18 Å². The summed E-state index contributed by atoms with van der Waals surface area (Å²) in [6.07, 6.45) is 4.86. The van der Waals surface area contributed by atoms with Gasteiger partial charge < -0.3 is 40.7 Å².